The van der Waals surface area contributed by atoms with E-state index >= 15 is 0 Å². The lowest BCUT2D eigenvalue weighted by Gasteiger charge is -2.14. The van der Waals surface area contributed by atoms with Gasteiger partial charge in [-0.1, -0.05) is 17.7 Å². The van der Waals surface area contributed by atoms with Gasteiger partial charge in [0.2, 0.25) is 0 Å². The van der Waals surface area contributed by atoms with Crippen LogP contribution in [0.25, 0.3) is 0 Å². The summed E-state index contributed by atoms with van der Waals surface area (Å²) in [5.41, 5.74) is 5.07. The first kappa shape index (κ1) is 13.0. The van der Waals surface area contributed by atoms with Gasteiger partial charge in [-0.3, -0.25) is 4.79 Å². The highest BCUT2D eigenvalue weighted by Crippen LogP contribution is 2.35. The van der Waals surface area contributed by atoms with Crippen molar-refractivity contribution in [1.29, 1.82) is 0 Å². The van der Waals surface area contributed by atoms with Crippen LogP contribution in [0.2, 0.25) is 5.02 Å². The fourth-order valence-electron chi connectivity index (χ4n) is 2.37. The van der Waals surface area contributed by atoms with Gasteiger partial charge >= 0.3 is 0 Å². The van der Waals surface area contributed by atoms with Gasteiger partial charge in [0.15, 0.2) is 0 Å². The first-order valence-electron chi connectivity index (χ1n) is 6.49. The zero-order valence-corrected chi connectivity index (χ0v) is 12.1. The molecule has 20 heavy (non-hydrogen) atoms. The molecule has 1 aliphatic heterocycles. The third-order valence-electron chi connectivity index (χ3n) is 3.66. The van der Waals surface area contributed by atoms with Crippen LogP contribution in [0.1, 0.15) is 22.7 Å². The van der Waals surface area contributed by atoms with Gasteiger partial charge in [0.1, 0.15) is 6.04 Å². The maximum absolute atomic E-state index is 12.1. The first-order chi connectivity index (χ1) is 9.54. The maximum atomic E-state index is 12.1. The van der Waals surface area contributed by atoms with Crippen molar-refractivity contribution in [2.75, 3.05) is 10.6 Å². The third-order valence-corrected chi connectivity index (χ3v) is 3.90. The minimum absolute atomic E-state index is 0.0551. The van der Waals surface area contributed by atoms with Gasteiger partial charge < -0.3 is 10.6 Å². The molecule has 0 bridgehead atoms. The van der Waals surface area contributed by atoms with Crippen molar-refractivity contribution < 1.29 is 4.79 Å². The molecule has 0 saturated carbocycles. The third kappa shape index (κ3) is 2.25. The summed E-state index contributed by atoms with van der Waals surface area (Å²) in [6, 6.07) is 11.1. The summed E-state index contributed by atoms with van der Waals surface area (Å²) in [6.07, 6.45) is 0. The predicted octanol–water partition coefficient (Wildman–Crippen LogP) is 4.06. The quantitative estimate of drug-likeness (QED) is 0.874. The van der Waals surface area contributed by atoms with Crippen LogP contribution >= 0.6 is 11.6 Å². The summed E-state index contributed by atoms with van der Waals surface area (Å²) >= 11 is 6.02. The van der Waals surface area contributed by atoms with Crippen LogP contribution in [-0.4, -0.2) is 5.91 Å². The molecule has 0 saturated heterocycles. The number of fused-ring (bicyclic) bond motifs is 1. The first-order valence-corrected chi connectivity index (χ1v) is 6.86. The Hall–Kier alpha value is -2.00. The molecule has 0 radical (unpaired) electrons. The molecule has 102 valence electrons. The molecule has 1 unspecified atom stereocenters. The molecule has 2 N–H and O–H groups in total. The van der Waals surface area contributed by atoms with Crippen LogP contribution in [0.15, 0.2) is 36.4 Å². The van der Waals surface area contributed by atoms with Crippen LogP contribution in [0.4, 0.5) is 11.4 Å². The van der Waals surface area contributed by atoms with Gasteiger partial charge in [-0.05, 0) is 55.3 Å². The molecule has 1 atom stereocenters. The smallest absolute Gasteiger partial charge is 0.251 e. The number of rotatable bonds is 2. The summed E-state index contributed by atoms with van der Waals surface area (Å²) in [6.45, 7) is 4.12. The van der Waals surface area contributed by atoms with Crippen molar-refractivity contribution in [2.45, 2.75) is 19.9 Å². The number of benzene rings is 2. The molecule has 1 amide bonds. The topological polar surface area (TPSA) is 41.1 Å². The number of hydrogen-bond donors (Lipinski definition) is 2. The SMILES string of the molecule is Cc1ccc(NC2C(=O)Nc3ccc(Cl)cc32)cc1C. The molecule has 3 nitrogen and oxygen atoms in total. The van der Waals surface area contributed by atoms with Crippen molar-refractivity contribution in [2.24, 2.45) is 0 Å². The normalized spacial score (nSPS) is 16.8. The number of halogens is 1. The molecular weight excluding hydrogens is 272 g/mol. The summed E-state index contributed by atoms with van der Waals surface area (Å²) < 4.78 is 0. The highest BCUT2D eigenvalue weighted by Gasteiger charge is 2.30. The Bertz CT molecular complexity index is 697. The molecule has 0 aromatic heterocycles. The van der Waals surface area contributed by atoms with E-state index in [1.165, 1.54) is 11.1 Å². The number of aryl methyl sites for hydroxylation is 2. The minimum Gasteiger partial charge on any atom is -0.370 e. The summed E-state index contributed by atoms with van der Waals surface area (Å²) in [5.74, 6) is -0.0551. The monoisotopic (exact) mass is 286 g/mol. The predicted molar refractivity (Wildman–Crippen MR) is 82.4 cm³/mol. The maximum Gasteiger partial charge on any atom is 0.251 e. The van der Waals surface area contributed by atoms with Crippen molar-refractivity contribution in [3.63, 3.8) is 0 Å². The number of amides is 1. The van der Waals surface area contributed by atoms with Gasteiger partial charge in [0.05, 0.1) is 0 Å². The van der Waals surface area contributed by atoms with Gasteiger partial charge in [-0.25, -0.2) is 0 Å². The summed E-state index contributed by atoms with van der Waals surface area (Å²) in [4.78, 5) is 12.1. The van der Waals surface area contributed by atoms with E-state index in [2.05, 4.69) is 24.5 Å². The van der Waals surface area contributed by atoms with E-state index in [9.17, 15) is 4.79 Å². The Morgan fingerprint density at radius 1 is 1.10 bits per heavy atom. The number of carbonyl (C=O) groups is 1. The summed E-state index contributed by atoms with van der Waals surface area (Å²) in [7, 11) is 0. The second-order valence-corrected chi connectivity index (χ2v) is 5.53. The van der Waals surface area contributed by atoms with Crippen LogP contribution in [0.3, 0.4) is 0 Å². The Balaban J connectivity index is 1.93. The Morgan fingerprint density at radius 3 is 2.65 bits per heavy atom. The van der Waals surface area contributed by atoms with Crippen LogP contribution in [-0.2, 0) is 4.79 Å². The average Bonchev–Trinajstić information content (AvgIpc) is 2.70. The molecule has 2 aromatic carbocycles. The second kappa shape index (κ2) is 4.84. The number of hydrogen-bond acceptors (Lipinski definition) is 2. The average molecular weight is 287 g/mol. The van der Waals surface area contributed by atoms with Gasteiger partial charge in [0.25, 0.3) is 5.91 Å². The number of anilines is 2. The van der Waals surface area contributed by atoms with Crippen molar-refractivity contribution in [3.05, 3.63) is 58.1 Å². The lowest BCUT2D eigenvalue weighted by molar-refractivity contribution is -0.116. The van der Waals surface area contributed by atoms with Gasteiger partial charge in [-0.2, -0.15) is 0 Å². The molecule has 2 aromatic rings. The van der Waals surface area contributed by atoms with E-state index in [4.69, 9.17) is 11.6 Å². The van der Waals surface area contributed by atoms with Crippen LogP contribution in [0, 0.1) is 13.8 Å². The molecule has 0 fully saturated rings. The van der Waals surface area contributed by atoms with Crippen LogP contribution in [0.5, 0.6) is 0 Å². The second-order valence-electron chi connectivity index (χ2n) is 5.10. The van der Waals surface area contributed by atoms with Crippen molar-refractivity contribution in [3.8, 4) is 0 Å². The highest BCUT2D eigenvalue weighted by atomic mass is 35.5. The highest BCUT2D eigenvalue weighted by molar-refractivity contribution is 6.31. The van der Waals surface area contributed by atoms with Crippen molar-refractivity contribution >= 4 is 28.9 Å². The van der Waals surface area contributed by atoms with Crippen LogP contribution < -0.4 is 10.6 Å². The van der Waals surface area contributed by atoms with Gasteiger partial charge in [0, 0.05) is 22.0 Å². The molecule has 1 heterocycles. The van der Waals surface area contributed by atoms with Crippen molar-refractivity contribution in [1.82, 2.24) is 0 Å². The minimum atomic E-state index is -0.397. The molecule has 3 rings (SSSR count). The lowest BCUT2D eigenvalue weighted by atomic mass is 10.1. The molecule has 4 heteroatoms. The molecular formula is C16H15ClN2O. The van der Waals surface area contributed by atoms with Gasteiger partial charge in [-0.15, -0.1) is 0 Å². The fraction of sp³-hybridized carbons (Fsp3) is 0.188. The fourth-order valence-corrected chi connectivity index (χ4v) is 2.55. The molecule has 1 aliphatic rings. The number of nitrogens with one attached hydrogen (secondary N) is 2. The largest absolute Gasteiger partial charge is 0.370 e. The standard InChI is InChI=1S/C16H15ClN2O/c1-9-3-5-12(7-10(9)2)18-15-13-8-11(17)4-6-14(13)19-16(15)20/h3-8,15,18H,1-2H3,(H,19,20). The van der Waals surface area contributed by atoms with E-state index in [1.54, 1.807) is 6.07 Å². The molecule has 0 aliphatic carbocycles. The van der Waals surface area contributed by atoms with E-state index < -0.39 is 6.04 Å². The number of carbonyl (C=O) groups excluding carboxylic acids is 1. The zero-order chi connectivity index (χ0) is 14.3. The van der Waals surface area contributed by atoms with E-state index in [1.807, 2.05) is 30.3 Å². The zero-order valence-electron chi connectivity index (χ0n) is 11.3. The van der Waals surface area contributed by atoms with E-state index in [-0.39, 0.29) is 5.91 Å². The van der Waals surface area contributed by atoms with E-state index in [0.29, 0.717) is 5.02 Å². The Morgan fingerprint density at radius 2 is 1.90 bits per heavy atom. The Labute approximate surface area is 123 Å². The lowest BCUT2D eigenvalue weighted by Crippen LogP contribution is -2.19. The summed E-state index contributed by atoms with van der Waals surface area (Å²) in [5, 5.41) is 6.76. The van der Waals surface area contributed by atoms with E-state index in [0.717, 1.165) is 16.9 Å². The Kier molecular flexibility index (Phi) is 3.14. The molecule has 0 spiro atoms.